The number of hydrogen-bond donors (Lipinski definition) is 5. The minimum atomic E-state index is -1.69. The van der Waals surface area contributed by atoms with E-state index in [2.05, 4.69) is 16.0 Å². The lowest BCUT2D eigenvalue weighted by Gasteiger charge is -2.24. The topological polar surface area (TPSA) is 145 Å². The Bertz CT molecular complexity index is 1290. The Morgan fingerprint density at radius 1 is 0.972 bits per heavy atom. The molecule has 9 nitrogen and oxygen atoms in total. The molecule has 0 spiro atoms. The number of aryl methyl sites for hydroxylation is 1. The summed E-state index contributed by atoms with van der Waals surface area (Å²) >= 11 is 1.04. The second kappa shape index (κ2) is 11.1. The average molecular weight is 508 g/mol. The summed E-state index contributed by atoms with van der Waals surface area (Å²) in [5.41, 5.74) is 3.76. The highest BCUT2D eigenvalue weighted by molar-refractivity contribution is 7.17. The molecule has 5 N–H and O–H groups in total. The summed E-state index contributed by atoms with van der Waals surface area (Å²) in [5.74, 6) is -4.32. The first kappa shape index (κ1) is 25.1. The van der Waals surface area contributed by atoms with Gasteiger partial charge in [0.25, 0.3) is 0 Å². The van der Waals surface area contributed by atoms with Crippen LogP contribution in [0, 0.1) is 0 Å². The zero-order valence-corrected chi connectivity index (χ0v) is 20.1. The van der Waals surface area contributed by atoms with Crippen LogP contribution in [0.5, 0.6) is 0 Å². The molecule has 36 heavy (non-hydrogen) atoms. The lowest BCUT2D eigenvalue weighted by Crippen LogP contribution is -2.44. The molecule has 0 radical (unpaired) electrons. The second-order valence-corrected chi connectivity index (χ2v) is 9.53. The lowest BCUT2D eigenvalue weighted by molar-refractivity contribution is -0.147. The van der Waals surface area contributed by atoms with Crippen molar-refractivity contribution in [2.45, 2.75) is 31.8 Å². The molecule has 1 aromatic heterocycles. The van der Waals surface area contributed by atoms with Crippen LogP contribution in [-0.4, -0.2) is 46.6 Å². The number of aliphatic carboxylic acids is 1. The molecule has 0 bridgehead atoms. The third-order valence-corrected chi connectivity index (χ3v) is 7.12. The molecule has 2 heterocycles. The van der Waals surface area contributed by atoms with E-state index in [0.717, 1.165) is 32.9 Å². The Labute approximate surface area is 211 Å². The van der Waals surface area contributed by atoms with Gasteiger partial charge in [0.05, 0.1) is 5.56 Å². The molecule has 4 rings (SSSR count). The molecule has 2 aromatic carbocycles. The van der Waals surface area contributed by atoms with Crippen LogP contribution in [-0.2, 0) is 33.8 Å². The van der Waals surface area contributed by atoms with E-state index in [0.29, 0.717) is 37.9 Å². The summed E-state index contributed by atoms with van der Waals surface area (Å²) in [6.07, 6.45) is 1.26. The van der Waals surface area contributed by atoms with Crippen LogP contribution in [0.4, 0.5) is 5.00 Å². The number of carbonyl (C=O) groups excluding carboxylic acids is 2. The number of carboxylic acids is 2. The Balaban J connectivity index is 1.30. The van der Waals surface area contributed by atoms with E-state index in [1.54, 1.807) is 0 Å². The molecule has 1 unspecified atom stereocenters. The molecule has 0 saturated carbocycles. The van der Waals surface area contributed by atoms with Gasteiger partial charge in [-0.05, 0) is 35.1 Å². The molecular weight excluding hydrogens is 482 g/mol. The number of benzene rings is 2. The van der Waals surface area contributed by atoms with Gasteiger partial charge < -0.3 is 26.2 Å². The van der Waals surface area contributed by atoms with Gasteiger partial charge in [-0.1, -0.05) is 54.6 Å². The summed E-state index contributed by atoms with van der Waals surface area (Å²) in [6.45, 7) is 0.675. The number of amides is 2. The molecule has 3 aromatic rings. The molecular formula is C26H25N3O6S. The third kappa shape index (κ3) is 5.96. The van der Waals surface area contributed by atoms with Gasteiger partial charge in [0.2, 0.25) is 5.91 Å². The maximum atomic E-state index is 12.4. The van der Waals surface area contributed by atoms with Crippen LogP contribution >= 0.6 is 11.3 Å². The van der Waals surface area contributed by atoms with E-state index in [9.17, 15) is 24.3 Å². The first-order valence-corrected chi connectivity index (χ1v) is 12.2. The van der Waals surface area contributed by atoms with Crippen molar-refractivity contribution in [3.05, 3.63) is 76.2 Å². The van der Waals surface area contributed by atoms with Crippen LogP contribution in [0.15, 0.2) is 54.6 Å². The predicted octanol–water partition coefficient (Wildman–Crippen LogP) is 2.90. The summed E-state index contributed by atoms with van der Waals surface area (Å²) < 4.78 is 0. The lowest BCUT2D eigenvalue weighted by atomic mass is 9.98. The second-order valence-electron chi connectivity index (χ2n) is 8.42. The molecule has 186 valence electrons. The molecule has 0 aliphatic carbocycles. The number of aromatic carboxylic acids is 1. The van der Waals surface area contributed by atoms with E-state index in [4.69, 9.17) is 5.11 Å². The number of hydrogen-bond acceptors (Lipinski definition) is 6. The van der Waals surface area contributed by atoms with Gasteiger partial charge in [-0.3, -0.25) is 9.59 Å². The summed E-state index contributed by atoms with van der Waals surface area (Å²) in [4.78, 5) is 47.3. The van der Waals surface area contributed by atoms with E-state index in [1.165, 1.54) is 0 Å². The highest BCUT2D eigenvalue weighted by Crippen LogP contribution is 2.36. The van der Waals surface area contributed by atoms with E-state index in [-0.39, 0.29) is 22.5 Å². The number of anilines is 1. The summed E-state index contributed by atoms with van der Waals surface area (Å²) in [5, 5.41) is 26.8. The van der Waals surface area contributed by atoms with Gasteiger partial charge in [0, 0.05) is 30.4 Å². The van der Waals surface area contributed by atoms with Crippen molar-refractivity contribution in [2.24, 2.45) is 0 Å². The fourth-order valence-electron chi connectivity index (χ4n) is 4.12. The third-order valence-electron chi connectivity index (χ3n) is 5.98. The number of nitrogens with one attached hydrogen (secondary N) is 3. The normalized spacial score (nSPS) is 14.5. The van der Waals surface area contributed by atoms with E-state index >= 15 is 0 Å². The molecule has 10 heteroatoms. The zero-order valence-electron chi connectivity index (χ0n) is 19.2. The molecule has 0 saturated heterocycles. The summed E-state index contributed by atoms with van der Waals surface area (Å²) in [6, 6.07) is 18.0. The summed E-state index contributed by atoms with van der Waals surface area (Å²) in [7, 11) is 0. The SMILES string of the molecule is O=C(CCc1ccc(-c2ccccc2)cc1)NCC1Cc2c(sc(NC(=O)C(=O)O)c2C(=O)O)CN1. The Morgan fingerprint density at radius 2 is 1.67 bits per heavy atom. The van der Waals surface area contributed by atoms with Crippen LogP contribution in [0.2, 0.25) is 0 Å². The number of rotatable bonds is 8. The smallest absolute Gasteiger partial charge is 0.394 e. The van der Waals surface area contributed by atoms with E-state index < -0.39 is 17.8 Å². The fourth-order valence-corrected chi connectivity index (χ4v) is 5.29. The minimum Gasteiger partial charge on any atom is -0.478 e. The van der Waals surface area contributed by atoms with Crippen LogP contribution < -0.4 is 16.0 Å². The van der Waals surface area contributed by atoms with Crippen LogP contribution in [0.3, 0.4) is 0 Å². The highest BCUT2D eigenvalue weighted by Gasteiger charge is 2.30. The largest absolute Gasteiger partial charge is 0.478 e. The van der Waals surface area contributed by atoms with Gasteiger partial charge in [0.15, 0.2) is 0 Å². The van der Waals surface area contributed by atoms with Crippen molar-refractivity contribution in [1.29, 1.82) is 0 Å². The van der Waals surface area contributed by atoms with Crippen LogP contribution in [0.25, 0.3) is 11.1 Å². The van der Waals surface area contributed by atoms with Crippen molar-refractivity contribution in [2.75, 3.05) is 11.9 Å². The quantitative estimate of drug-likeness (QED) is 0.295. The molecule has 1 aliphatic rings. The number of fused-ring (bicyclic) bond motifs is 1. The van der Waals surface area contributed by atoms with Crippen molar-refractivity contribution in [1.82, 2.24) is 10.6 Å². The Hall–Kier alpha value is -4.02. The predicted molar refractivity (Wildman–Crippen MR) is 135 cm³/mol. The highest BCUT2D eigenvalue weighted by atomic mass is 32.1. The number of thiophene rings is 1. The standard InChI is InChI=1S/C26H25N3O6S/c30-21(11-8-15-6-9-17(10-7-15)16-4-2-1-3-5-16)28-13-18-12-19-20(14-27-18)36-24(22(19)25(32)33)29-23(31)26(34)35/h1-7,9-10,18,27H,8,11-14H2,(H,28,30)(H,29,31)(H,32,33)(H,34,35). The first-order valence-electron chi connectivity index (χ1n) is 11.4. The zero-order chi connectivity index (χ0) is 25.7. The van der Waals surface area contributed by atoms with Gasteiger partial charge >= 0.3 is 17.8 Å². The molecule has 1 atom stereocenters. The molecule has 0 fully saturated rings. The minimum absolute atomic E-state index is 0.00432. The van der Waals surface area contributed by atoms with Gasteiger partial charge in [-0.2, -0.15) is 0 Å². The molecule has 1 aliphatic heterocycles. The average Bonchev–Trinajstić information content (AvgIpc) is 3.24. The van der Waals surface area contributed by atoms with Gasteiger partial charge in [-0.25, -0.2) is 9.59 Å². The Morgan fingerprint density at radius 3 is 2.33 bits per heavy atom. The van der Waals surface area contributed by atoms with Crippen molar-refractivity contribution in [3.63, 3.8) is 0 Å². The number of carboxylic acid groups (broad SMARTS) is 2. The van der Waals surface area contributed by atoms with E-state index in [1.807, 2.05) is 54.6 Å². The van der Waals surface area contributed by atoms with Crippen molar-refractivity contribution in [3.8, 4) is 11.1 Å². The fraction of sp³-hybridized carbons (Fsp3) is 0.231. The van der Waals surface area contributed by atoms with Crippen molar-refractivity contribution >= 4 is 40.1 Å². The molecule has 2 amide bonds. The van der Waals surface area contributed by atoms with Crippen molar-refractivity contribution < 1.29 is 29.4 Å². The van der Waals surface area contributed by atoms with Gasteiger partial charge in [0.1, 0.15) is 5.00 Å². The first-order chi connectivity index (χ1) is 17.3. The maximum absolute atomic E-state index is 12.4. The Kier molecular flexibility index (Phi) is 7.77. The monoisotopic (exact) mass is 507 g/mol. The van der Waals surface area contributed by atoms with Gasteiger partial charge in [-0.15, -0.1) is 11.3 Å². The number of carbonyl (C=O) groups is 4. The maximum Gasteiger partial charge on any atom is 0.394 e. The van der Waals surface area contributed by atoms with Crippen LogP contribution in [0.1, 0.15) is 32.8 Å².